The van der Waals surface area contributed by atoms with E-state index in [4.69, 9.17) is 4.74 Å². The first-order valence-electron chi connectivity index (χ1n) is 10.5. The van der Waals surface area contributed by atoms with E-state index in [0.29, 0.717) is 19.4 Å². The summed E-state index contributed by atoms with van der Waals surface area (Å²) < 4.78 is 5.75. The third-order valence-electron chi connectivity index (χ3n) is 5.94. The van der Waals surface area contributed by atoms with E-state index in [-0.39, 0.29) is 48.3 Å². The van der Waals surface area contributed by atoms with Gasteiger partial charge in [0, 0.05) is 25.8 Å². The third-order valence-corrected chi connectivity index (χ3v) is 5.94. The second-order valence-electron chi connectivity index (χ2n) is 8.38. The average molecular weight is 412 g/mol. The lowest BCUT2D eigenvalue weighted by Gasteiger charge is -2.36. The number of nitrogens with zero attached hydrogens (tertiary/aromatic N) is 3. The lowest BCUT2D eigenvalue weighted by atomic mass is 9.85. The number of fused-ring (bicyclic) bond motifs is 1. The molecule has 0 aromatic carbocycles. The molecule has 1 aromatic rings. The molecular weight excluding hydrogens is 384 g/mol. The van der Waals surface area contributed by atoms with Gasteiger partial charge in [0.25, 0.3) is 0 Å². The van der Waals surface area contributed by atoms with Crippen molar-refractivity contribution in [2.45, 2.75) is 45.4 Å². The minimum absolute atomic E-state index is 0.158. The molecule has 4 rings (SSSR count). The highest BCUT2D eigenvalue weighted by Crippen LogP contribution is 2.34. The fourth-order valence-corrected chi connectivity index (χ4v) is 4.50. The van der Waals surface area contributed by atoms with Gasteiger partial charge >= 0.3 is 0 Å². The summed E-state index contributed by atoms with van der Waals surface area (Å²) in [6.07, 6.45) is 7.08. The summed E-state index contributed by atoms with van der Waals surface area (Å²) in [5.74, 6) is -0.538. The number of nitrogens with one attached hydrogen (secondary N) is 1. The molecule has 2 saturated heterocycles. The van der Waals surface area contributed by atoms with Crippen molar-refractivity contribution in [3.63, 3.8) is 0 Å². The Morgan fingerprint density at radius 2 is 1.73 bits per heavy atom. The number of likely N-dealkylation sites (tertiary alicyclic amines) is 1. The number of allylic oxidation sites excluding steroid dienone is 2. The van der Waals surface area contributed by atoms with Gasteiger partial charge in [-0.3, -0.25) is 19.3 Å². The van der Waals surface area contributed by atoms with E-state index in [0.717, 1.165) is 29.4 Å². The highest BCUT2D eigenvalue weighted by Gasteiger charge is 2.47. The molecule has 1 aliphatic carbocycles. The molecule has 3 aliphatic rings. The maximum absolute atomic E-state index is 12.5. The molecule has 8 heteroatoms. The quantitative estimate of drug-likeness (QED) is 0.578. The summed E-state index contributed by atoms with van der Waals surface area (Å²) in [5, 5.41) is 2.79. The molecule has 1 N–H and O–H groups in total. The Morgan fingerprint density at radius 1 is 1.10 bits per heavy atom. The lowest BCUT2D eigenvalue weighted by Crippen LogP contribution is -2.45. The van der Waals surface area contributed by atoms with Crippen molar-refractivity contribution in [2.75, 3.05) is 24.5 Å². The summed E-state index contributed by atoms with van der Waals surface area (Å²) in [6.45, 7) is 5.76. The number of carbonyl (C=O) groups excluding carboxylic acids is 3. The topological polar surface area (TPSA) is 91.8 Å². The molecule has 0 radical (unpaired) electrons. The van der Waals surface area contributed by atoms with Crippen LogP contribution in [-0.2, 0) is 25.7 Å². The van der Waals surface area contributed by atoms with Gasteiger partial charge in [-0.15, -0.1) is 0 Å². The van der Waals surface area contributed by atoms with E-state index in [9.17, 15) is 14.4 Å². The number of morpholine rings is 1. The van der Waals surface area contributed by atoms with Gasteiger partial charge in [0.1, 0.15) is 12.4 Å². The van der Waals surface area contributed by atoms with Gasteiger partial charge in [0.15, 0.2) is 0 Å². The standard InChI is InChI=1S/C22H28N4O4/c1-14-11-25(12-15(2)30-14)19-8-7-16(9-23-19)10-24-20(27)13-26-21(28)17-5-3-4-6-18(17)22(26)29/h3-4,7-9,14-15,17-18H,5-6,10-13H2,1-2H3,(H,24,27). The van der Waals surface area contributed by atoms with Crippen LogP contribution in [0.25, 0.3) is 0 Å². The Hall–Kier alpha value is -2.74. The summed E-state index contributed by atoms with van der Waals surface area (Å²) in [7, 11) is 0. The van der Waals surface area contributed by atoms with Crippen LogP contribution in [0.5, 0.6) is 0 Å². The van der Waals surface area contributed by atoms with Gasteiger partial charge in [-0.1, -0.05) is 18.2 Å². The number of aromatic nitrogens is 1. The zero-order valence-corrected chi connectivity index (χ0v) is 17.4. The predicted octanol–water partition coefficient (Wildman–Crippen LogP) is 1.26. The monoisotopic (exact) mass is 412 g/mol. The highest BCUT2D eigenvalue weighted by atomic mass is 16.5. The average Bonchev–Trinajstić information content (AvgIpc) is 2.97. The van der Waals surface area contributed by atoms with Crippen LogP contribution in [0, 0.1) is 11.8 Å². The van der Waals surface area contributed by atoms with E-state index < -0.39 is 0 Å². The predicted molar refractivity (Wildman–Crippen MR) is 110 cm³/mol. The molecule has 4 atom stereocenters. The molecule has 160 valence electrons. The Kier molecular flexibility index (Phi) is 5.85. The lowest BCUT2D eigenvalue weighted by molar-refractivity contribution is -0.143. The van der Waals surface area contributed by atoms with Gasteiger partial charge in [0.05, 0.1) is 24.0 Å². The molecule has 8 nitrogen and oxygen atoms in total. The van der Waals surface area contributed by atoms with E-state index in [1.54, 1.807) is 6.20 Å². The summed E-state index contributed by atoms with van der Waals surface area (Å²) in [6, 6.07) is 3.87. The molecule has 3 amide bonds. The van der Waals surface area contributed by atoms with Crippen LogP contribution >= 0.6 is 0 Å². The van der Waals surface area contributed by atoms with Crippen molar-refractivity contribution in [3.05, 3.63) is 36.0 Å². The van der Waals surface area contributed by atoms with E-state index in [1.165, 1.54) is 0 Å². The minimum Gasteiger partial charge on any atom is -0.372 e. The van der Waals surface area contributed by atoms with Crippen molar-refractivity contribution in [3.8, 4) is 0 Å². The van der Waals surface area contributed by atoms with Crippen molar-refractivity contribution in [1.82, 2.24) is 15.2 Å². The summed E-state index contributed by atoms with van der Waals surface area (Å²) in [4.78, 5) is 45.1. The molecule has 3 heterocycles. The third kappa shape index (κ3) is 4.23. The van der Waals surface area contributed by atoms with Crippen molar-refractivity contribution < 1.29 is 19.1 Å². The van der Waals surface area contributed by atoms with Crippen LogP contribution in [0.3, 0.4) is 0 Å². The highest BCUT2D eigenvalue weighted by molar-refractivity contribution is 6.07. The van der Waals surface area contributed by atoms with Crippen molar-refractivity contribution in [1.29, 1.82) is 0 Å². The normalized spacial score (nSPS) is 28.6. The van der Waals surface area contributed by atoms with Gasteiger partial charge in [-0.05, 0) is 38.3 Å². The SMILES string of the molecule is CC1CN(c2ccc(CNC(=O)CN3C(=O)C4CC=CCC4C3=O)cn2)CC(C)O1. The summed E-state index contributed by atoms with van der Waals surface area (Å²) >= 11 is 0. The second kappa shape index (κ2) is 8.55. The first kappa shape index (κ1) is 20.5. The zero-order valence-electron chi connectivity index (χ0n) is 17.4. The van der Waals surface area contributed by atoms with E-state index in [1.807, 2.05) is 38.1 Å². The number of amides is 3. The number of ether oxygens (including phenoxy) is 1. The number of rotatable bonds is 5. The Morgan fingerprint density at radius 3 is 2.30 bits per heavy atom. The fourth-order valence-electron chi connectivity index (χ4n) is 4.50. The molecular formula is C22H28N4O4. The molecule has 4 unspecified atom stereocenters. The second-order valence-corrected chi connectivity index (χ2v) is 8.38. The van der Waals surface area contributed by atoms with Crippen LogP contribution in [-0.4, -0.2) is 59.4 Å². The maximum atomic E-state index is 12.5. The van der Waals surface area contributed by atoms with Crippen LogP contribution < -0.4 is 10.2 Å². The van der Waals surface area contributed by atoms with Gasteiger partial charge in [-0.25, -0.2) is 4.98 Å². The Bertz CT molecular complexity index is 817. The van der Waals surface area contributed by atoms with Crippen molar-refractivity contribution >= 4 is 23.5 Å². The largest absolute Gasteiger partial charge is 0.372 e. The van der Waals surface area contributed by atoms with Crippen LogP contribution in [0.2, 0.25) is 0 Å². The fraction of sp³-hybridized carbons (Fsp3) is 0.545. The molecule has 1 aromatic heterocycles. The number of hydrogen-bond donors (Lipinski definition) is 1. The Labute approximate surface area is 176 Å². The maximum Gasteiger partial charge on any atom is 0.240 e. The smallest absolute Gasteiger partial charge is 0.240 e. The molecule has 2 aliphatic heterocycles. The van der Waals surface area contributed by atoms with Crippen LogP contribution in [0.15, 0.2) is 30.5 Å². The first-order valence-corrected chi connectivity index (χ1v) is 10.5. The van der Waals surface area contributed by atoms with Crippen LogP contribution in [0.4, 0.5) is 5.82 Å². The number of hydrogen-bond acceptors (Lipinski definition) is 6. The number of pyridine rings is 1. The zero-order chi connectivity index (χ0) is 21.3. The first-order chi connectivity index (χ1) is 14.4. The molecule has 0 bridgehead atoms. The van der Waals surface area contributed by atoms with E-state index in [2.05, 4.69) is 15.2 Å². The molecule has 0 saturated carbocycles. The molecule has 2 fully saturated rings. The number of carbonyl (C=O) groups is 3. The number of anilines is 1. The van der Waals surface area contributed by atoms with Gasteiger partial charge in [0.2, 0.25) is 17.7 Å². The van der Waals surface area contributed by atoms with Crippen LogP contribution in [0.1, 0.15) is 32.3 Å². The Balaban J connectivity index is 1.29. The van der Waals surface area contributed by atoms with E-state index >= 15 is 0 Å². The minimum atomic E-state index is -0.344. The van der Waals surface area contributed by atoms with Crippen molar-refractivity contribution in [2.24, 2.45) is 11.8 Å². The van der Waals surface area contributed by atoms with Gasteiger partial charge < -0.3 is 15.0 Å². The summed E-state index contributed by atoms with van der Waals surface area (Å²) in [5.41, 5.74) is 0.860. The molecule has 0 spiro atoms. The van der Waals surface area contributed by atoms with Gasteiger partial charge in [-0.2, -0.15) is 0 Å². The molecule has 30 heavy (non-hydrogen) atoms. The number of imide groups is 1.